The van der Waals surface area contributed by atoms with E-state index in [4.69, 9.17) is 0 Å². The van der Waals surface area contributed by atoms with Gasteiger partial charge >= 0.3 is 0 Å². The fraction of sp³-hybridized carbons (Fsp3) is 0.889. The lowest BCUT2D eigenvalue weighted by atomic mass is 9.92. The summed E-state index contributed by atoms with van der Waals surface area (Å²) in [5, 5.41) is 2.91. The summed E-state index contributed by atoms with van der Waals surface area (Å²) in [6.07, 6.45) is 0.546. The number of carbonyl (C=O) groups excluding carboxylic acids is 1. The van der Waals surface area contributed by atoms with Crippen LogP contribution in [0.15, 0.2) is 0 Å². The van der Waals surface area contributed by atoms with Crippen molar-refractivity contribution >= 4 is 28.4 Å². The Morgan fingerprint density at radius 1 is 1.31 bits per heavy atom. The summed E-state index contributed by atoms with van der Waals surface area (Å²) in [6.45, 7) is 10.0. The van der Waals surface area contributed by atoms with Crippen LogP contribution in [0.4, 0.5) is 0 Å². The van der Waals surface area contributed by atoms with Crippen molar-refractivity contribution in [3.8, 4) is 0 Å². The van der Waals surface area contributed by atoms with E-state index in [9.17, 15) is 4.79 Å². The van der Waals surface area contributed by atoms with Crippen molar-refractivity contribution in [2.45, 2.75) is 45.9 Å². The minimum Gasteiger partial charge on any atom is -0.341 e. The van der Waals surface area contributed by atoms with Gasteiger partial charge in [0.2, 0.25) is 5.91 Å². The fourth-order valence-corrected chi connectivity index (χ4v) is 1.18. The first-order valence-corrected chi connectivity index (χ1v) is 6.17. The Bertz CT molecular complexity index is 185. The van der Waals surface area contributed by atoms with Gasteiger partial charge in [0.05, 0.1) is 4.87 Å². The van der Waals surface area contributed by atoms with E-state index in [2.05, 4.69) is 17.0 Å². The van der Waals surface area contributed by atoms with Gasteiger partial charge < -0.3 is 5.32 Å². The number of hydrogen-bond acceptors (Lipinski definition) is 3. The molecule has 0 aromatic heterocycles. The molecule has 0 aromatic rings. The van der Waals surface area contributed by atoms with Crippen LogP contribution >= 0.6 is 22.5 Å². The van der Waals surface area contributed by atoms with E-state index in [1.807, 2.05) is 34.6 Å². The first-order chi connectivity index (χ1) is 5.66. The highest BCUT2D eigenvalue weighted by Gasteiger charge is 2.22. The van der Waals surface area contributed by atoms with Gasteiger partial charge in [-0.05, 0) is 19.3 Å². The first kappa shape index (κ1) is 13.2. The number of rotatable bonds is 3. The average molecular weight is 221 g/mol. The normalized spacial score (nSPS) is 12.8. The molecule has 0 saturated heterocycles. The molecule has 1 N–H and O–H groups in total. The monoisotopic (exact) mass is 221 g/mol. The number of hydrogen-bond donors (Lipinski definition) is 2. The molecule has 78 valence electrons. The van der Waals surface area contributed by atoms with Crippen LogP contribution in [-0.2, 0) is 4.79 Å². The molecule has 0 rings (SSSR count). The van der Waals surface area contributed by atoms with Crippen molar-refractivity contribution in [1.82, 2.24) is 5.32 Å². The highest BCUT2D eigenvalue weighted by molar-refractivity contribution is 8.69. The molecular formula is C9H19NOS2. The zero-order valence-electron chi connectivity index (χ0n) is 8.97. The van der Waals surface area contributed by atoms with E-state index < -0.39 is 0 Å². The minimum atomic E-state index is -0.286. The van der Waals surface area contributed by atoms with Gasteiger partial charge in [0.25, 0.3) is 0 Å². The molecule has 13 heavy (non-hydrogen) atoms. The average Bonchev–Trinajstić information content (AvgIpc) is 1.81. The summed E-state index contributed by atoms with van der Waals surface area (Å²) in [5.41, 5.74) is 0.0431. The summed E-state index contributed by atoms with van der Waals surface area (Å²) < 4.78 is 0. The quantitative estimate of drug-likeness (QED) is 0.436. The topological polar surface area (TPSA) is 29.1 Å². The third-order valence-electron chi connectivity index (χ3n) is 1.36. The summed E-state index contributed by atoms with van der Waals surface area (Å²) in [6, 6.07) is 0. The molecule has 0 bridgehead atoms. The second kappa shape index (κ2) is 4.60. The zero-order valence-corrected chi connectivity index (χ0v) is 10.7. The number of amides is 1. The van der Waals surface area contributed by atoms with Gasteiger partial charge in [-0.3, -0.25) is 4.79 Å². The summed E-state index contributed by atoms with van der Waals surface area (Å²) >= 11 is 4.09. The fourth-order valence-electron chi connectivity index (χ4n) is 0.884. The molecule has 0 fully saturated rings. The Morgan fingerprint density at radius 3 is 2.08 bits per heavy atom. The molecule has 0 aliphatic rings. The molecule has 0 saturated carbocycles. The van der Waals surface area contributed by atoms with Crippen molar-refractivity contribution in [1.29, 1.82) is 0 Å². The lowest BCUT2D eigenvalue weighted by molar-refractivity contribution is -0.123. The maximum atomic E-state index is 11.5. The predicted octanol–water partition coefficient (Wildman–Crippen LogP) is 2.85. The van der Waals surface area contributed by atoms with Gasteiger partial charge in [-0.25, -0.2) is 0 Å². The van der Waals surface area contributed by atoms with Crippen LogP contribution in [0, 0.1) is 5.41 Å². The highest BCUT2D eigenvalue weighted by atomic mass is 33.1. The van der Waals surface area contributed by atoms with Crippen LogP contribution in [0.2, 0.25) is 0 Å². The van der Waals surface area contributed by atoms with E-state index in [-0.39, 0.29) is 16.2 Å². The summed E-state index contributed by atoms with van der Waals surface area (Å²) in [5.74, 6) is 0.0825. The lowest BCUT2D eigenvalue weighted by Gasteiger charge is -2.25. The zero-order chi connectivity index (χ0) is 10.7. The Balaban J connectivity index is 4.03. The van der Waals surface area contributed by atoms with Crippen LogP contribution in [0.5, 0.6) is 0 Å². The Morgan fingerprint density at radius 2 is 1.77 bits per heavy atom. The van der Waals surface area contributed by atoms with Gasteiger partial charge in [0.15, 0.2) is 0 Å². The van der Waals surface area contributed by atoms with E-state index in [1.165, 1.54) is 10.8 Å². The predicted molar refractivity (Wildman–Crippen MR) is 62.9 cm³/mol. The van der Waals surface area contributed by atoms with Crippen LogP contribution in [-0.4, -0.2) is 10.8 Å². The SMILES string of the molecule is CC(C)(C)CC(=O)NC(C)(C)SS. The van der Waals surface area contributed by atoms with Crippen molar-refractivity contribution in [3.63, 3.8) is 0 Å². The van der Waals surface area contributed by atoms with Gasteiger partial charge in [-0.15, -0.1) is 11.7 Å². The van der Waals surface area contributed by atoms with Crippen LogP contribution < -0.4 is 5.32 Å². The molecule has 0 unspecified atom stereocenters. The molecular weight excluding hydrogens is 202 g/mol. The summed E-state index contributed by atoms with van der Waals surface area (Å²) in [7, 11) is 1.34. The summed E-state index contributed by atoms with van der Waals surface area (Å²) in [4.78, 5) is 11.2. The standard InChI is InChI=1S/C9H19NOS2/c1-8(2,3)6-7(11)10-9(4,5)13-12/h12H,6H2,1-5H3,(H,10,11). The third kappa shape index (κ3) is 7.26. The maximum absolute atomic E-state index is 11.5. The molecule has 0 aliphatic heterocycles. The molecule has 4 heteroatoms. The van der Waals surface area contributed by atoms with E-state index in [0.717, 1.165) is 0 Å². The Kier molecular flexibility index (Phi) is 4.66. The van der Waals surface area contributed by atoms with Crippen LogP contribution in [0.3, 0.4) is 0 Å². The van der Waals surface area contributed by atoms with Gasteiger partial charge in [0, 0.05) is 6.42 Å². The smallest absolute Gasteiger partial charge is 0.221 e. The lowest BCUT2D eigenvalue weighted by Crippen LogP contribution is -2.41. The van der Waals surface area contributed by atoms with Gasteiger partial charge in [-0.1, -0.05) is 31.6 Å². The molecule has 0 aromatic carbocycles. The Hall–Kier alpha value is 0.170. The Labute approximate surface area is 90.0 Å². The van der Waals surface area contributed by atoms with Crippen LogP contribution in [0.25, 0.3) is 0 Å². The second-order valence-corrected chi connectivity index (χ2v) is 6.64. The molecule has 2 nitrogen and oxygen atoms in total. The molecule has 0 radical (unpaired) electrons. The largest absolute Gasteiger partial charge is 0.341 e. The second-order valence-electron chi connectivity index (χ2n) is 4.89. The molecule has 0 atom stereocenters. The number of thiol groups is 1. The van der Waals surface area contributed by atoms with Gasteiger partial charge in [0.1, 0.15) is 0 Å². The number of carbonyl (C=O) groups is 1. The van der Waals surface area contributed by atoms with Gasteiger partial charge in [-0.2, -0.15) is 0 Å². The molecule has 1 amide bonds. The highest BCUT2D eigenvalue weighted by Crippen LogP contribution is 2.25. The maximum Gasteiger partial charge on any atom is 0.221 e. The van der Waals surface area contributed by atoms with E-state index >= 15 is 0 Å². The van der Waals surface area contributed by atoms with Crippen molar-refractivity contribution in [2.24, 2.45) is 5.41 Å². The number of nitrogens with one attached hydrogen (secondary N) is 1. The molecule has 0 spiro atoms. The van der Waals surface area contributed by atoms with E-state index in [1.54, 1.807) is 0 Å². The van der Waals surface area contributed by atoms with Crippen molar-refractivity contribution in [2.75, 3.05) is 0 Å². The molecule has 0 heterocycles. The molecule has 0 aliphatic carbocycles. The first-order valence-electron chi connectivity index (χ1n) is 4.30. The van der Waals surface area contributed by atoms with Crippen molar-refractivity contribution in [3.05, 3.63) is 0 Å². The van der Waals surface area contributed by atoms with E-state index in [0.29, 0.717) is 6.42 Å². The van der Waals surface area contributed by atoms with Crippen molar-refractivity contribution < 1.29 is 4.79 Å². The minimum absolute atomic E-state index is 0.0431. The third-order valence-corrected chi connectivity index (χ3v) is 3.29. The van der Waals surface area contributed by atoms with Crippen LogP contribution in [0.1, 0.15) is 41.0 Å².